The lowest BCUT2D eigenvalue weighted by Gasteiger charge is -2.37. The molecule has 0 saturated carbocycles. The number of halogens is 1. The number of anilines is 1. The molecule has 2 aromatic carbocycles. The molecule has 0 spiro atoms. The fraction of sp³-hybridized carbons (Fsp3) is 0.350. The largest absolute Gasteiger partial charge is 0.494 e. The van der Waals surface area contributed by atoms with Gasteiger partial charge in [-0.2, -0.15) is 0 Å². The van der Waals surface area contributed by atoms with E-state index >= 15 is 0 Å². The van der Waals surface area contributed by atoms with Gasteiger partial charge in [-0.3, -0.25) is 5.21 Å². The Hall–Kier alpha value is -2.44. The monoisotopic (exact) mass is 388 g/mol. The van der Waals surface area contributed by atoms with Gasteiger partial charge in [0.25, 0.3) is 0 Å². The van der Waals surface area contributed by atoms with Gasteiger partial charge in [-0.05, 0) is 55.3 Å². The van der Waals surface area contributed by atoms with Gasteiger partial charge in [0.05, 0.1) is 7.11 Å². The number of guanidine groups is 1. The Labute approximate surface area is 165 Å². The summed E-state index contributed by atoms with van der Waals surface area (Å²) in [5.41, 5.74) is 6.31. The van der Waals surface area contributed by atoms with Crippen molar-refractivity contribution < 1.29 is 9.94 Å². The van der Waals surface area contributed by atoms with Crippen LogP contribution in [0.2, 0.25) is 5.02 Å². The molecule has 2 aromatic rings. The minimum absolute atomic E-state index is 0.419. The maximum Gasteiger partial charge on any atom is 0.223 e. The zero-order chi connectivity index (χ0) is 19.4. The molecular weight excluding hydrogens is 364 g/mol. The van der Waals surface area contributed by atoms with E-state index in [0.717, 1.165) is 48.0 Å². The van der Waals surface area contributed by atoms with Crippen LogP contribution in [0.25, 0.3) is 0 Å². The van der Waals surface area contributed by atoms with Crippen molar-refractivity contribution in [2.24, 2.45) is 4.99 Å². The maximum atomic E-state index is 9.65. The zero-order valence-corrected chi connectivity index (χ0v) is 16.6. The summed E-state index contributed by atoms with van der Waals surface area (Å²) in [4.78, 5) is 8.90. The Kier molecular flexibility index (Phi) is 6.08. The summed E-state index contributed by atoms with van der Waals surface area (Å²) in [7, 11) is 1.62. The molecule has 144 valence electrons. The molecule has 3 rings (SSSR count). The van der Waals surface area contributed by atoms with Crippen LogP contribution in [0, 0.1) is 13.8 Å². The summed E-state index contributed by atoms with van der Waals surface area (Å²) in [6, 6.07) is 11.8. The molecule has 1 fully saturated rings. The molecule has 0 bridgehead atoms. The number of aryl methyl sites for hydroxylation is 2. The number of hydroxylamine groups is 1. The van der Waals surface area contributed by atoms with Crippen LogP contribution >= 0.6 is 11.6 Å². The second-order valence-electron chi connectivity index (χ2n) is 6.61. The molecule has 6 nitrogen and oxygen atoms in total. The number of hydrogen-bond donors (Lipinski definition) is 2. The van der Waals surface area contributed by atoms with Crippen LogP contribution in [0.4, 0.5) is 11.4 Å². The molecule has 2 N–H and O–H groups in total. The van der Waals surface area contributed by atoms with Crippen molar-refractivity contribution in [1.29, 1.82) is 0 Å². The highest BCUT2D eigenvalue weighted by molar-refractivity contribution is 6.30. The SMILES string of the molecule is COc1cc(C)c(C)cc1N=C(NO)N1CCN(c2cccc(Cl)c2)CC1. The number of rotatable bonds is 3. The Morgan fingerprint density at radius 1 is 1.11 bits per heavy atom. The van der Waals surface area contributed by atoms with E-state index in [4.69, 9.17) is 16.3 Å². The first-order valence-electron chi connectivity index (χ1n) is 8.91. The van der Waals surface area contributed by atoms with E-state index in [1.54, 1.807) is 7.11 Å². The number of ether oxygens (including phenoxy) is 1. The Morgan fingerprint density at radius 2 is 1.81 bits per heavy atom. The summed E-state index contributed by atoms with van der Waals surface area (Å²) in [5, 5.41) is 10.4. The van der Waals surface area contributed by atoms with Gasteiger partial charge >= 0.3 is 0 Å². The third-order valence-corrected chi connectivity index (χ3v) is 5.11. The number of hydrogen-bond acceptors (Lipinski definition) is 4. The molecule has 27 heavy (non-hydrogen) atoms. The van der Waals surface area contributed by atoms with Crippen LogP contribution in [0.1, 0.15) is 11.1 Å². The molecule has 7 heteroatoms. The average molecular weight is 389 g/mol. The minimum atomic E-state index is 0.419. The van der Waals surface area contributed by atoms with Crippen molar-refractivity contribution in [3.05, 3.63) is 52.5 Å². The van der Waals surface area contributed by atoms with Crippen LogP contribution in [0.15, 0.2) is 41.4 Å². The summed E-state index contributed by atoms with van der Waals surface area (Å²) < 4.78 is 5.44. The van der Waals surface area contributed by atoms with Crippen molar-refractivity contribution in [1.82, 2.24) is 10.4 Å². The van der Waals surface area contributed by atoms with Gasteiger partial charge in [0.1, 0.15) is 11.4 Å². The summed E-state index contributed by atoms with van der Waals surface area (Å²) in [6.07, 6.45) is 0. The predicted octanol–water partition coefficient (Wildman–Crippen LogP) is 3.75. The van der Waals surface area contributed by atoms with Crippen molar-refractivity contribution >= 4 is 28.9 Å². The molecule has 1 saturated heterocycles. The molecule has 0 radical (unpaired) electrons. The second kappa shape index (κ2) is 8.50. The van der Waals surface area contributed by atoms with E-state index < -0.39 is 0 Å². The van der Waals surface area contributed by atoms with Gasteiger partial charge in [0.2, 0.25) is 5.96 Å². The van der Waals surface area contributed by atoms with Crippen LogP contribution in [0.5, 0.6) is 5.75 Å². The first-order chi connectivity index (χ1) is 13.0. The summed E-state index contributed by atoms with van der Waals surface area (Å²) in [5.74, 6) is 1.10. The van der Waals surface area contributed by atoms with E-state index in [0.29, 0.717) is 17.4 Å². The fourth-order valence-corrected chi connectivity index (χ4v) is 3.34. The lowest BCUT2D eigenvalue weighted by Crippen LogP contribution is -2.52. The number of nitrogens with zero attached hydrogens (tertiary/aromatic N) is 3. The van der Waals surface area contributed by atoms with Crippen molar-refractivity contribution in [2.45, 2.75) is 13.8 Å². The fourth-order valence-electron chi connectivity index (χ4n) is 3.16. The number of benzene rings is 2. The van der Waals surface area contributed by atoms with E-state index in [-0.39, 0.29) is 0 Å². The first-order valence-corrected chi connectivity index (χ1v) is 9.29. The van der Waals surface area contributed by atoms with Crippen LogP contribution in [-0.4, -0.2) is 49.4 Å². The highest BCUT2D eigenvalue weighted by atomic mass is 35.5. The second-order valence-corrected chi connectivity index (χ2v) is 7.05. The van der Waals surface area contributed by atoms with Crippen molar-refractivity contribution in [3.8, 4) is 5.75 Å². The molecule has 0 amide bonds. The number of nitrogens with one attached hydrogen (secondary N) is 1. The summed E-state index contributed by atoms with van der Waals surface area (Å²) in [6.45, 7) is 7.14. The van der Waals surface area contributed by atoms with Gasteiger partial charge in [-0.1, -0.05) is 17.7 Å². The predicted molar refractivity (Wildman–Crippen MR) is 110 cm³/mol. The lowest BCUT2D eigenvalue weighted by atomic mass is 10.1. The van der Waals surface area contributed by atoms with Gasteiger partial charge in [-0.15, -0.1) is 0 Å². The molecule has 0 unspecified atom stereocenters. The highest BCUT2D eigenvalue weighted by Crippen LogP contribution is 2.31. The standard InChI is InChI=1S/C20H25ClN4O2/c1-14-11-18(19(27-3)12-15(14)2)22-20(23-26)25-9-7-24(8-10-25)17-6-4-5-16(21)13-17/h4-6,11-13,26H,7-10H2,1-3H3,(H,22,23). The molecule has 0 atom stereocenters. The van der Waals surface area contributed by atoms with Crippen molar-refractivity contribution in [3.63, 3.8) is 0 Å². The van der Waals surface area contributed by atoms with Gasteiger partial charge < -0.3 is 14.5 Å². The van der Waals surface area contributed by atoms with Crippen molar-refractivity contribution in [2.75, 3.05) is 38.2 Å². The Morgan fingerprint density at radius 3 is 2.44 bits per heavy atom. The molecule has 0 aliphatic carbocycles. The number of piperazine rings is 1. The van der Waals surface area contributed by atoms with E-state index in [9.17, 15) is 5.21 Å². The first kappa shape index (κ1) is 19.3. The smallest absolute Gasteiger partial charge is 0.223 e. The maximum absolute atomic E-state index is 9.65. The van der Waals surface area contributed by atoms with Crippen LogP contribution in [0.3, 0.4) is 0 Å². The molecular formula is C20H25ClN4O2. The van der Waals surface area contributed by atoms with Gasteiger partial charge in [0.15, 0.2) is 0 Å². The topological polar surface area (TPSA) is 60.3 Å². The molecule has 1 aliphatic heterocycles. The van der Waals surface area contributed by atoms with E-state index in [1.807, 2.05) is 49.1 Å². The Balaban J connectivity index is 1.76. The zero-order valence-electron chi connectivity index (χ0n) is 15.9. The van der Waals surface area contributed by atoms with Gasteiger partial charge in [-0.25, -0.2) is 10.5 Å². The molecule has 0 aromatic heterocycles. The quantitative estimate of drug-likeness (QED) is 0.476. The van der Waals surface area contributed by atoms with Crippen LogP contribution < -0.4 is 15.1 Å². The highest BCUT2D eigenvalue weighted by Gasteiger charge is 2.21. The average Bonchev–Trinajstić information content (AvgIpc) is 2.68. The van der Waals surface area contributed by atoms with Crippen LogP contribution in [-0.2, 0) is 0 Å². The molecule has 1 aliphatic rings. The molecule has 1 heterocycles. The summed E-state index contributed by atoms with van der Waals surface area (Å²) >= 11 is 6.10. The van der Waals surface area contributed by atoms with Gasteiger partial charge in [0, 0.05) is 36.9 Å². The third-order valence-electron chi connectivity index (χ3n) is 4.87. The number of aliphatic imine (C=N–C) groups is 1. The van der Waals surface area contributed by atoms with E-state index in [1.165, 1.54) is 0 Å². The minimum Gasteiger partial charge on any atom is -0.494 e. The number of methoxy groups -OCH3 is 1. The third kappa shape index (κ3) is 4.46. The van der Waals surface area contributed by atoms with E-state index in [2.05, 4.69) is 21.4 Å². The lowest BCUT2D eigenvalue weighted by molar-refractivity contribution is 0.207. The normalized spacial score (nSPS) is 15.1. The Bertz CT molecular complexity index is 833.